The molecular formula is C18H28N4. The Morgan fingerprint density at radius 1 is 1.36 bits per heavy atom. The van der Waals surface area contributed by atoms with Crippen molar-refractivity contribution in [3.8, 4) is 0 Å². The average Bonchev–Trinajstić information content (AvgIpc) is 3.22. The van der Waals surface area contributed by atoms with E-state index in [1.165, 1.54) is 37.8 Å². The lowest BCUT2D eigenvalue weighted by atomic mass is 9.96. The Morgan fingerprint density at radius 3 is 2.82 bits per heavy atom. The van der Waals surface area contributed by atoms with Gasteiger partial charge in [0.2, 0.25) is 0 Å². The summed E-state index contributed by atoms with van der Waals surface area (Å²) in [4.78, 5) is 7.13. The SMILES string of the molecule is CCN1CCCC1CNC(N)=NCC1(c2ccccc2)CC1. The Kier molecular flexibility index (Phi) is 4.67. The highest BCUT2D eigenvalue weighted by molar-refractivity contribution is 5.78. The maximum absolute atomic E-state index is 6.07. The van der Waals surface area contributed by atoms with E-state index in [-0.39, 0.29) is 5.41 Å². The molecule has 0 radical (unpaired) electrons. The van der Waals surface area contributed by atoms with Gasteiger partial charge in [-0.1, -0.05) is 37.3 Å². The third-order valence-corrected chi connectivity index (χ3v) is 5.22. The summed E-state index contributed by atoms with van der Waals surface area (Å²) in [7, 11) is 0. The highest BCUT2D eigenvalue weighted by atomic mass is 15.2. The minimum atomic E-state index is 0.246. The van der Waals surface area contributed by atoms with Gasteiger partial charge in [0.25, 0.3) is 0 Å². The van der Waals surface area contributed by atoms with Crippen LogP contribution in [0.2, 0.25) is 0 Å². The van der Waals surface area contributed by atoms with Gasteiger partial charge >= 0.3 is 0 Å². The number of nitrogens with two attached hydrogens (primary N) is 1. The summed E-state index contributed by atoms with van der Waals surface area (Å²) < 4.78 is 0. The van der Waals surface area contributed by atoms with Crippen LogP contribution in [0.5, 0.6) is 0 Å². The van der Waals surface area contributed by atoms with Gasteiger partial charge in [0.05, 0.1) is 6.54 Å². The van der Waals surface area contributed by atoms with Crippen molar-refractivity contribution in [3.63, 3.8) is 0 Å². The second-order valence-corrected chi connectivity index (χ2v) is 6.65. The maximum atomic E-state index is 6.07. The predicted molar refractivity (Wildman–Crippen MR) is 92.1 cm³/mol. The summed E-state index contributed by atoms with van der Waals surface area (Å²) in [5, 5.41) is 3.33. The van der Waals surface area contributed by atoms with Crippen LogP contribution < -0.4 is 11.1 Å². The van der Waals surface area contributed by atoms with Crippen molar-refractivity contribution < 1.29 is 0 Å². The first-order valence-corrected chi connectivity index (χ1v) is 8.57. The van der Waals surface area contributed by atoms with Crippen molar-refractivity contribution in [2.75, 3.05) is 26.2 Å². The van der Waals surface area contributed by atoms with E-state index in [0.29, 0.717) is 12.0 Å². The van der Waals surface area contributed by atoms with Gasteiger partial charge in [0.15, 0.2) is 5.96 Å². The van der Waals surface area contributed by atoms with Gasteiger partial charge in [-0.15, -0.1) is 0 Å². The Morgan fingerprint density at radius 2 is 2.14 bits per heavy atom. The van der Waals surface area contributed by atoms with Crippen LogP contribution >= 0.6 is 0 Å². The summed E-state index contributed by atoms with van der Waals surface area (Å²) in [6.45, 7) is 6.30. The van der Waals surface area contributed by atoms with E-state index in [2.05, 4.69) is 52.5 Å². The fourth-order valence-corrected chi connectivity index (χ4v) is 3.54. The summed E-state index contributed by atoms with van der Waals surface area (Å²) in [5.41, 5.74) is 7.72. The molecule has 1 aliphatic heterocycles. The van der Waals surface area contributed by atoms with E-state index in [4.69, 9.17) is 5.73 Å². The Labute approximate surface area is 133 Å². The molecule has 1 unspecified atom stereocenters. The van der Waals surface area contributed by atoms with Crippen LogP contribution in [0.4, 0.5) is 0 Å². The Balaban J connectivity index is 1.50. The number of likely N-dealkylation sites (tertiary alicyclic amines) is 1. The largest absolute Gasteiger partial charge is 0.370 e. The lowest BCUT2D eigenvalue weighted by Crippen LogP contribution is -2.43. The molecule has 0 spiro atoms. The second-order valence-electron chi connectivity index (χ2n) is 6.65. The fraction of sp³-hybridized carbons (Fsp3) is 0.611. The van der Waals surface area contributed by atoms with Gasteiger partial charge in [-0.05, 0) is 44.3 Å². The van der Waals surface area contributed by atoms with Gasteiger partial charge in [-0.3, -0.25) is 9.89 Å². The smallest absolute Gasteiger partial charge is 0.188 e. The minimum Gasteiger partial charge on any atom is -0.370 e. The number of guanidine groups is 1. The molecule has 3 rings (SSSR count). The number of nitrogens with one attached hydrogen (secondary N) is 1. The monoisotopic (exact) mass is 300 g/mol. The van der Waals surface area contributed by atoms with Gasteiger partial charge in [0, 0.05) is 18.0 Å². The number of benzene rings is 1. The third-order valence-electron chi connectivity index (χ3n) is 5.22. The summed E-state index contributed by atoms with van der Waals surface area (Å²) in [6.07, 6.45) is 5.01. The molecule has 120 valence electrons. The molecular weight excluding hydrogens is 272 g/mol. The molecule has 1 aromatic carbocycles. The van der Waals surface area contributed by atoms with E-state index in [0.717, 1.165) is 19.6 Å². The van der Waals surface area contributed by atoms with E-state index in [1.807, 2.05) is 0 Å². The highest BCUT2D eigenvalue weighted by Gasteiger charge is 2.43. The van der Waals surface area contributed by atoms with E-state index < -0.39 is 0 Å². The van der Waals surface area contributed by atoms with Crippen molar-refractivity contribution in [1.82, 2.24) is 10.2 Å². The van der Waals surface area contributed by atoms with Crippen LogP contribution in [0.3, 0.4) is 0 Å². The quantitative estimate of drug-likeness (QED) is 0.625. The molecule has 1 saturated carbocycles. The molecule has 1 atom stereocenters. The van der Waals surface area contributed by atoms with Crippen molar-refractivity contribution in [3.05, 3.63) is 35.9 Å². The molecule has 0 aromatic heterocycles. The summed E-state index contributed by atoms with van der Waals surface area (Å²) >= 11 is 0. The molecule has 1 saturated heterocycles. The molecule has 1 aromatic rings. The van der Waals surface area contributed by atoms with Crippen LogP contribution in [0.15, 0.2) is 35.3 Å². The lowest BCUT2D eigenvalue weighted by molar-refractivity contribution is 0.267. The molecule has 22 heavy (non-hydrogen) atoms. The molecule has 2 fully saturated rings. The zero-order chi connectivity index (χ0) is 15.4. The van der Waals surface area contributed by atoms with Crippen LogP contribution in [-0.4, -0.2) is 43.1 Å². The molecule has 0 amide bonds. The molecule has 1 aliphatic carbocycles. The first-order valence-electron chi connectivity index (χ1n) is 8.57. The van der Waals surface area contributed by atoms with Crippen LogP contribution in [-0.2, 0) is 5.41 Å². The number of likely N-dealkylation sites (N-methyl/N-ethyl adjacent to an activating group) is 1. The zero-order valence-corrected chi connectivity index (χ0v) is 13.6. The number of hydrogen-bond acceptors (Lipinski definition) is 2. The number of rotatable bonds is 6. The Bertz CT molecular complexity index is 507. The first kappa shape index (κ1) is 15.3. The summed E-state index contributed by atoms with van der Waals surface area (Å²) in [6, 6.07) is 11.3. The molecule has 3 N–H and O–H groups in total. The highest BCUT2D eigenvalue weighted by Crippen LogP contribution is 2.48. The zero-order valence-electron chi connectivity index (χ0n) is 13.6. The van der Waals surface area contributed by atoms with Crippen molar-refractivity contribution >= 4 is 5.96 Å². The maximum Gasteiger partial charge on any atom is 0.188 e. The lowest BCUT2D eigenvalue weighted by Gasteiger charge is -2.23. The van der Waals surface area contributed by atoms with Crippen molar-refractivity contribution in [2.24, 2.45) is 10.7 Å². The first-order chi connectivity index (χ1) is 10.7. The predicted octanol–water partition coefficient (Wildman–Crippen LogP) is 2.11. The van der Waals surface area contributed by atoms with Crippen LogP contribution in [0.1, 0.15) is 38.2 Å². The second kappa shape index (κ2) is 6.69. The van der Waals surface area contributed by atoms with Gasteiger partial charge < -0.3 is 11.1 Å². The molecule has 0 bridgehead atoms. The topological polar surface area (TPSA) is 53.6 Å². The minimum absolute atomic E-state index is 0.246. The fourth-order valence-electron chi connectivity index (χ4n) is 3.54. The Hall–Kier alpha value is -1.55. The van der Waals surface area contributed by atoms with E-state index >= 15 is 0 Å². The van der Waals surface area contributed by atoms with Gasteiger partial charge in [-0.2, -0.15) is 0 Å². The normalized spacial score (nSPS) is 24.4. The molecule has 1 heterocycles. The van der Waals surface area contributed by atoms with E-state index in [9.17, 15) is 0 Å². The average molecular weight is 300 g/mol. The molecule has 2 aliphatic rings. The van der Waals surface area contributed by atoms with Crippen LogP contribution in [0.25, 0.3) is 0 Å². The number of nitrogens with zero attached hydrogens (tertiary/aromatic N) is 2. The van der Waals surface area contributed by atoms with Crippen molar-refractivity contribution in [1.29, 1.82) is 0 Å². The van der Waals surface area contributed by atoms with Crippen LogP contribution in [0, 0.1) is 0 Å². The molecule has 4 heteroatoms. The van der Waals surface area contributed by atoms with Gasteiger partial charge in [-0.25, -0.2) is 0 Å². The number of aliphatic imine (C=N–C) groups is 1. The summed E-state index contributed by atoms with van der Waals surface area (Å²) in [5.74, 6) is 0.602. The number of hydrogen-bond donors (Lipinski definition) is 2. The van der Waals surface area contributed by atoms with Crippen molar-refractivity contribution in [2.45, 2.75) is 44.1 Å². The third kappa shape index (κ3) is 3.43. The standard InChI is InChI=1S/C18H28N4/c1-2-22-12-6-9-16(22)13-20-17(19)21-14-18(10-11-18)15-7-4-3-5-8-15/h3-5,7-8,16H,2,6,9-14H2,1H3,(H3,19,20,21). The molecule has 4 nitrogen and oxygen atoms in total. The van der Waals surface area contributed by atoms with E-state index in [1.54, 1.807) is 0 Å². The van der Waals surface area contributed by atoms with Gasteiger partial charge in [0.1, 0.15) is 0 Å².